The van der Waals surface area contributed by atoms with Crippen molar-refractivity contribution < 1.29 is 4.79 Å². The average molecular weight is 381 g/mol. The lowest BCUT2D eigenvalue weighted by Gasteiger charge is -2.10. The predicted molar refractivity (Wildman–Crippen MR) is 103 cm³/mol. The molecule has 0 aliphatic carbocycles. The van der Waals surface area contributed by atoms with Crippen molar-refractivity contribution in [2.24, 2.45) is 5.92 Å². The second-order valence-electron chi connectivity index (χ2n) is 6.23. The van der Waals surface area contributed by atoms with Crippen molar-refractivity contribution >= 4 is 35.1 Å². The third-order valence-corrected chi connectivity index (χ3v) is 4.04. The number of nitrogens with one attached hydrogen (secondary N) is 2. The maximum Gasteiger partial charge on any atom is 0.270 e. The lowest BCUT2D eigenvalue weighted by Crippen LogP contribution is -2.28. The number of aromatic nitrogens is 2. The van der Waals surface area contributed by atoms with Crippen molar-refractivity contribution in [2.75, 3.05) is 18.4 Å². The number of aryl methyl sites for hydroxylation is 1. The summed E-state index contributed by atoms with van der Waals surface area (Å²) in [4.78, 5) is 20.8. The number of halogens is 2. The largest absolute Gasteiger partial charge is 0.354 e. The van der Waals surface area contributed by atoms with Crippen LogP contribution in [0, 0.1) is 12.8 Å². The lowest BCUT2D eigenvalue weighted by molar-refractivity contribution is 0.0944. The third-order valence-electron chi connectivity index (χ3n) is 3.45. The van der Waals surface area contributed by atoms with Gasteiger partial charge < -0.3 is 10.6 Å². The van der Waals surface area contributed by atoms with Crippen molar-refractivity contribution in [3.05, 3.63) is 51.3 Å². The molecule has 1 amide bonds. The quantitative estimate of drug-likeness (QED) is 0.757. The summed E-state index contributed by atoms with van der Waals surface area (Å²) in [5.41, 5.74) is 2.08. The van der Waals surface area contributed by atoms with Crippen LogP contribution in [-0.2, 0) is 6.42 Å². The molecule has 5 nitrogen and oxygen atoms in total. The molecule has 0 aliphatic heterocycles. The second kappa shape index (κ2) is 9.02. The summed E-state index contributed by atoms with van der Waals surface area (Å²) in [6, 6.07) is 7.10. The molecule has 0 fully saturated rings. The van der Waals surface area contributed by atoms with Crippen molar-refractivity contribution in [3.8, 4) is 0 Å². The highest BCUT2D eigenvalue weighted by Crippen LogP contribution is 2.21. The topological polar surface area (TPSA) is 66.9 Å². The van der Waals surface area contributed by atoms with Gasteiger partial charge >= 0.3 is 0 Å². The highest BCUT2D eigenvalue weighted by Gasteiger charge is 2.11. The molecular weight excluding hydrogens is 359 g/mol. The summed E-state index contributed by atoms with van der Waals surface area (Å²) in [5, 5.41) is 7.25. The van der Waals surface area contributed by atoms with Crippen LogP contribution in [0.3, 0.4) is 0 Å². The molecule has 2 N–H and O–H groups in total. The molecule has 2 aromatic rings. The Bertz CT molecular complexity index is 750. The fraction of sp³-hybridized carbons (Fsp3) is 0.389. The van der Waals surface area contributed by atoms with E-state index in [1.54, 1.807) is 12.1 Å². The van der Waals surface area contributed by atoms with Gasteiger partial charge in [0, 0.05) is 28.8 Å². The van der Waals surface area contributed by atoms with E-state index in [1.165, 1.54) is 0 Å². The van der Waals surface area contributed by atoms with Gasteiger partial charge in [0.15, 0.2) is 0 Å². The van der Waals surface area contributed by atoms with Gasteiger partial charge in [-0.15, -0.1) is 0 Å². The number of carbonyl (C=O) groups excluding carboxylic acids is 1. The minimum absolute atomic E-state index is 0.192. The zero-order valence-electron chi connectivity index (χ0n) is 14.6. The average Bonchev–Trinajstić information content (AvgIpc) is 2.54. The Labute approximate surface area is 158 Å². The fourth-order valence-corrected chi connectivity index (χ4v) is 2.69. The van der Waals surface area contributed by atoms with Gasteiger partial charge in [-0.25, -0.2) is 9.97 Å². The van der Waals surface area contributed by atoms with Crippen LogP contribution in [0.2, 0.25) is 10.0 Å². The smallest absolute Gasteiger partial charge is 0.270 e. The standard InChI is InChI=1S/C18H22Cl2N4O/c1-11(2)10-22-17(25)16-8-12(3)23-18(24-16)21-7-6-13-4-5-14(19)9-15(13)20/h4-5,8-9,11H,6-7,10H2,1-3H3,(H,22,25)(H,21,23,24). The van der Waals surface area contributed by atoms with E-state index in [0.29, 0.717) is 47.1 Å². The van der Waals surface area contributed by atoms with Gasteiger partial charge in [0.1, 0.15) is 5.69 Å². The molecule has 0 saturated heterocycles. The SMILES string of the molecule is Cc1cc(C(=O)NCC(C)C)nc(NCCc2ccc(Cl)cc2Cl)n1. The Kier molecular flexibility index (Phi) is 7.02. The highest BCUT2D eigenvalue weighted by molar-refractivity contribution is 6.35. The van der Waals surface area contributed by atoms with Gasteiger partial charge in [-0.3, -0.25) is 4.79 Å². The summed E-state index contributed by atoms with van der Waals surface area (Å²) in [6.07, 6.45) is 0.697. The molecule has 1 aromatic carbocycles. The molecule has 134 valence electrons. The Morgan fingerprint density at radius 1 is 1.20 bits per heavy atom. The van der Waals surface area contributed by atoms with Crippen molar-refractivity contribution in [1.82, 2.24) is 15.3 Å². The highest BCUT2D eigenvalue weighted by atomic mass is 35.5. The van der Waals surface area contributed by atoms with E-state index in [0.717, 1.165) is 11.3 Å². The van der Waals surface area contributed by atoms with Crippen LogP contribution in [0.4, 0.5) is 5.95 Å². The molecule has 1 heterocycles. The third kappa shape index (κ3) is 6.18. The first-order valence-electron chi connectivity index (χ1n) is 8.17. The summed E-state index contributed by atoms with van der Waals surface area (Å²) in [7, 11) is 0. The van der Waals surface area contributed by atoms with E-state index >= 15 is 0 Å². The molecule has 0 atom stereocenters. The summed E-state index contributed by atoms with van der Waals surface area (Å²) >= 11 is 12.1. The van der Waals surface area contributed by atoms with Crippen LogP contribution in [0.5, 0.6) is 0 Å². The Morgan fingerprint density at radius 3 is 2.64 bits per heavy atom. The van der Waals surface area contributed by atoms with Crippen molar-refractivity contribution in [2.45, 2.75) is 27.2 Å². The van der Waals surface area contributed by atoms with Crippen molar-refractivity contribution in [1.29, 1.82) is 0 Å². The number of nitrogens with zero attached hydrogens (tertiary/aromatic N) is 2. The summed E-state index contributed by atoms with van der Waals surface area (Å²) < 4.78 is 0. The number of amides is 1. The number of rotatable bonds is 7. The fourth-order valence-electron chi connectivity index (χ4n) is 2.18. The first-order valence-corrected chi connectivity index (χ1v) is 8.92. The van der Waals surface area contributed by atoms with Gasteiger partial charge in [-0.1, -0.05) is 43.1 Å². The van der Waals surface area contributed by atoms with Gasteiger partial charge in [0.2, 0.25) is 5.95 Å². The molecule has 0 bridgehead atoms. The van der Waals surface area contributed by atoms with E-state index in [-0.39, 0.29) is 5.91 Å². The Morgan fingerprint density at radius 2 is 1.96 bits per heavy atom. The molecular formula is C18H22Cl2N4O. The lowest BCUT2D eigenvalue weighted by atomic mass is 10.1. The number of hydrogen-bond acceptors (Lipinski definition) is 4. The maximum atomic E-state index is 12.2. The van der Waals surface area contributed by atoms with Crippen LogP contribution in [0.1, 0.15) is 35.6 Å². The van der Waals surface area contributed by atoms with Gasteiger partial charge in [-0.2, -0.15) is 0 Å². The monoisotopic (exact) mass is 380 g/mol. The van der Waals surface area contributed by atoms with Crippen LogP contribution >= 0.6 is 23.2 Å². The van der Waals surface area contributed by atoms with E-state index in [2.05, 4.69) is 20.6 Å². The normalized spacial score (nSPS) is 10.8. The first kappa shape index (κ1) is 19.5. The number of anilines is 1. The second-order valence-corrected chi connectivity index (χ2v) is 7.08. The van der Waals surface area contributed by atoms with E-state index in [1.807, 2.05) is 32.9 Å². The van der Waals surface area contributed by atoms with Crippen LogP contribution in [0.15, 0.2) is 24.3 Å². The summed E-state index contributed by atoms with van der Waals surface area (Å²) in [6.45, 7) is 7.13. The van der Waals surface area contributed by atoms with E-state index in [9.17, 15) is 4.79 Å². The molecule has 0 radical (unpaired) electrons. The molecule has 2 rings (SSSR count). The minimum Gasteiger partial charge on any atom is -0.354 e. The van der Waals surface area contributed by atoms with Gasteiger partial charge in [0.25, 0.3) is 5.91 Å². The van der Waals surface area contributed by atoms with Crippen LogP contribution in [-0.4, -0.2) is 29.0 Å². The van der Waals surface area contributed by atoms with E-state index in [4.69, 9.17) is 23.2 Å². The molecule has 0 spiro atoms. The van der Waals surface area contributed by atoms with E-state index < -0.39 is 0 Å². The molecule has 0 saturated carbocycles. The number of benzene rings is 1. The maximum absolute atomic E-state index is 12.2. The van der Waals surface area contributed by atoms with Crippen molar-refractivity contribution in [3.63, 3.8) is 0 Å². The zero-order chi connectivity index (χ0) is 18.4. The predicted octanol–water partition coefficient (Wildman–Crippen LogP) is 4.13. The molecule has 25 heavy (non-hydrogen) atoms. The molecule has 0 unspecified atom stereocenters. The minimum atomic E-state index is -0.192. The van der Waals surface area contributed by atoms with Gasteiger partial charge in [0.05, 0.1) is 0 Å². The van der Waals surface area contributed by atoms with Gasteiger partial charge in [-0.05, 0) is 43.0 Å². The molecule has 0 aliphatic rings. The molecule has 1 aromatic heterocycles. The Balaban J connectivity index is 1.98. The molecule has 7 heteroatoms. The zero-order valence-corrected chi connectivity index (χ0v) is 16.1. The number of hydrogen-bond donors (Lipinski definition) is 2. The Hall–Kier alpha value is -1.85. The van der Waals surface area contributed by atoms with Crippen LogP contribution < -0.4 is 10.6 Å². The summed E-state index contributed by atoms with van der Waals surface area (Å²) in [5.74, 6) is 0.622. The first-order chi connectivity index (χ1) is 11.8. The number of carbonyl (C=O) groups is 1. The van der Waals surface area contributed by atoms with Crippen LogP contribution in [0.25, 0.3) is 0 Å².